The van der Waals surface area contributed by atoms with Crippen LogP contribution in [0, 0.1) is 0 Å². The van der Waals surface area contributed by atoms with Crippen molar-refractivity contribution in [1.82, 2.24) is 10.3 Å². The number of carbonyl (C=O) groups is 1. The molecule has 0 aliphatic carbocycles. The molecule has 1 heterocycles. The zero-order chi connectivity index (χ0) is 17.8. The summed E-state index contributed by atoms with van der Waals surface area (Å²) in [6.07, 6.45) is 0.232. The monoisotopic (exact) mass is 374 g/mol. The van der Waals surface area contributed by atoms with Gasteiger partial charge in [0.2, 0.25) is 5.91 Å². The Hall–Kier alpha value is -2.11. The summed E-state index contributed by atoms with van der Waals surface area (Å²) in [6.45, 7) is 2.61. The van der Waals surface area contributed by atoms with Crippen LogP contribution in [0.2, 0.25) is 5.02 Å². The second kappa shape index (κ2) is 7.85. The van der Waals surface area contributed by atoms with Gasteiger partial charge >= 0.3 is 0 Å². The maximum atomic E-state index is 12.3. The van der Waals surface area contributed by atoms with Gasteiger partial charge in [-0.25, -0.2) is 4.98 Å². The molecular weight excluding hydrogens is 356 g/mol. The summed E-state index contributed by atoms with van der Waals surface area (Å²) in [5.41, 5.74) is 1.78. The van der Waals surface area contributed by atoms with E-state index < -0.39 is 0 Å². The molecule has 0 bridgehead atoms. The number of benzene rings is 2. The zero-order valence-corrected chi connectivity index (χ0v) is 15.7. The molecule has 0 aliphatic rings. The highest BCUT2D eigenvalue weighted by molar-refractivity contribution is 7.18. The van der Waals surface area contributed by atoms with Gasteiger partial charge in [-0.3, -0.25) is 4.79 Å². The lowest BCUT2D eigenvalue weighted by atomic mass is 10.1. The van der Waals surface area contributed by atoms with Gasteiger partial charge < -0.3 is 10.1 Å². The Bertz CT molecular complexity index is 861. The van der Waals surface area contributed by atoms with E-state index in [1.807, 2.05) is 18.2 Å². The highest BCUT2D eigenvalue weighted by atomic mass is 35.5. The topological polar surface area (TPSA) is 51.2 Å². The lowest BCUT2D eigenvalue weighted by Crippen LogP contribution is -2.29. The Balaban J connectivity index is 1.61. The number of amides is 1. The number of thiazole rings is 1. The lowest BCUT2D eigenvalue weighted by molar-refractivity contribution is -0.120. The van der Waals surface area contributed by atoms with Crippen molar-refractivity contribution >= 4 is 39.1 Å². The van der Waals surface area contributed by atoms with Crippen molar-refractivity contribution in [2.24, 2.45) is 0 Å². The summed E-state index contributed by atoms with van der Waals surface area (Å²) < 4.78 is 6.45. The third kappa shape index (κ3) is 4.30. The average molecular weight is 375 g/mol. The molecule has 1 N–H and O–H groups in total. The Morgan fingerprint density at radius 3 is 2.88 bits per heavy atom. The van der Waals surface area contributed by atoms with Gasteiger partial charge in [0.25, 0.3) is 0 Å². The van der Waals surface area contributed by atoms with Gasteiger partial charge in [-0.1, -0.05) is 30.7 Å². The van der Waals surface area contributed by atoms with E-state index in [-0.39, 0.29) is 18.2 Å². The second-order valence-corrected chi connectivity index (χ2v) is 7.36. The van der Waals surface area contributed by atoms with E-state index in [0.29, 0.717) is 17.3 Å². The summed E-state index contributed by atoms with van der Waals surface area (Å²) in [6, 6.07) is 13.3. The number of halogens is 1. The molecule has 1 amide bonds. The molecule has 0 saturated heterocycles. The van der Waals surface area contributed by atoms with Crippen molar-refractivity contribution in [3.8, 4) is 5.75 Å². The number of ether oxygens (including phenoxy) is 1. The first-order chi connectivity index (χ1) is 12.1. The predicted molar refractivity (Wildman–Crippen MR) is 103 cm³/mol. The van der Waals surface area contributed by atoms with Crippen LogP contribution in [0.15, 0.2) is 42.5 Å². The Kier molecular flexibility index (Phi) is 5.56. The van der Waals surface area contributed by atoms with Crippen LogP contribution in [0.3, 0.4) is 0 Å². The molecule has 0 spiro atoms. The number of aromatic nitrogens is 1. The minimum Gasteiger partial charge on any atom is -0.496 e. The van der Waals surface area contributed by atoms with Crippen LogP contribution in [0.4, 0.5) is 0 Å². The second-order valence-electron chi connectivity index (χ2n) is 5.86. The number of hydrogen-bond acceptors (Lipinski definition) is 4. The van der Waals surface area contributed by atoms with Crippen LogP contribution in [0.5, 0.6) is 5.75 Å². The summed E-state index contributed by atoms with van der Waals surface area (Å²) in [5.74, 6) is 0.759. The maximum absolute atomic E-state index is 12.3. The van der Waals surface area contributed by atoms with Crippen molar-refractivity contribution in [3.63, 3.8) is 0 Å². The first-order valence-corrected chi connectivity index (χ1v) is 9.21. The fraction of sp³-hybridized carbons (Fsp3) is 0.263. The molecule has 1 aromatic heterocycles. The number of methoxy groups -OCH3 is 1. The average Bonchev–Trinajstić information content (AvgIpc) is 3.04. The number of nitrogens with one attached hydrogen (secondary N) is 1. The third-order valence-corrected chi connectivity index (χ3v) is 5.43. The maximum Gasteiger partial charge on any atom is 0.224 e. The lowest BCUT2D eigenvalue weighted by Gasteiger charge is -2.12. The fourth-order valence-corrected chi connectivity index (χ4v) is 3.79. The van der Waals surface area contributed by atoms with Gasteiger partial charge in [0.1, 0.15) is 5.75 Å². The largest absolute Gasteiger partial charge is 0.496 e. The first-order valence-electron chi connectivity index (χ1n) is 8.01. The molecule has 0 radical (unpaired) electrons. The number of nitrogens with zero attached hydrogens (tertiary/aromatic N) is 1. The number of para-hydroxylation sites is 1. The summed E-state index contributed by atoms with van der Waals surface area (Å²) in [5, 5.41) is 4.59. The van der Waals surface area contributed by atoms with Crippen molar-refractivity contribution in [3.05, 3.63) is 58.1 Å². The van der Waals surface area contributed by atoms with E-state index in [2.05, 4.69) is 23.3 Å². The summed E-state index contributed by atoms with van der Waals surface area (Å²) >= 11 is 7.68. The molecule has 3 aromatic rings. The molecule has 0 aliphatic heterocycles. The minimum absolute atomic E-state index is 0.0615. The Morgan fingerprint density at radius 1 is 1.32 bits per heavy atom. The first kappa shape index (κ1) is 17.7. The zero-order valence-electron chi connectivity index (χ0n) is 14.1. The normalized spacial score (nSPS) is 12.1. The third-order valence-electron chi connectivity index (χ3n) is 3.93. The van der Waals surface area contributed by atoms with Gasteiger partial charge in [0.05, 0.1) is 28.8 Å². The van der Waals surface area contributed by atoms with Gasteiger partial charge in [-0.05, 0) is 30.3 Å². The van der Waals surface area contributed by atoms with E-state index in [1.165, 1.54) is 4.70 Å². The molecule has 0 saturated carbocycles. The van der Waals surface area contributed by atoms with E-state index in [9.17, 15) is 4.79 Å². The van der Waals surface area contributed by atoms with Gasteiger partial charge in [-0.15, -0.1) is 11.3 Å². The van der Waals surface area contributed by atoms with E-state index in [1.54, 1.807) is 36.6 Å². The standard InChI is InChI=1S/C19H19ClN2O2S/c1-12(19-22-15-5-3-4-6-17(15)25-19)11-21-18(23)10-13-9-14(20)7-8-16(13)24-2/h3-9,12H,10-11H2,1-2H3,(H,21,23). The smallest absolute Gasteiger partial charge is 0.224 e. The molecular formula is C19H19ClN2O2S. The molecule has 130 valence electrons. The van der Waals surface area contributed by atoms with Crippen LogP contribution >= 0.6 is 22.9 Å². The van der Waals surface area contributed by atoms with Crippen molar-refractivity contribution in [2.45, 2.75) is 19.3 Å². The van der Waals surface area contributed by atoms with Crippen LogP contribution < -0.4 is 10.1 Å². The SMILES string of the molecule is COc1ccc(Cl)cc1CC(=O)NCC(C)c1nc2ccccc2s1. The number of fused-ring (bicyclic) bond motifs is 1. The Labute approximate surface area is 155 Å². The van der Waals surface area contributed by atoms with E-state index in [4.69, 9.17) is 16.3 Å². The van der Waals surface area contributed by atoms with Crippen LogP contribution in [0.25, 0.3) is 10.2 Å². The van der Waals surface area contributed by atoms with Crippen molar-refractivity contribution in [1.29, 1.82) is 0 Å². The molecule has 1 atom stereocenters. The number of hydrogen-bond donors (Lipinski definition) is 1. The van der Waals surface area contributed by atoms with Crippen LogP contribution in [-0.4, -0.2) is 24.5 Å². The van der Waals surface area contributed by atoms with Crippen LogP contribution in [0.1, 0.15) is 23.4 Å². The highest BCUT2D eigenvalue weighted by Gasteiger charge is 2.14. The molecule has 1 unspecified atom stereocenters. The van der Waals surface area contributed by atoms with Gasteiger partial charge in [0.15, 0.2) is 0 Å². The predicted octanol–water partition coefficient (Wildman–Crippen LogP) is 4.42. The molecule has 4 nitrogen and oxygen atoms in total. The molecule has 25 heavy (non-hydrogen) atoms. The van der Waals surface area contributed by atoms with Crippen molar-refractivity contribution in [2.75, 3.05) is 13.7 Å². The van der Waals surface area contributed by atoms with Gasteiger partial charge in [-0.2, -0.15) is 0 Å². The van der Waals surface area contributed by atoms with Crippen LogP contribution in [-0.2, 0) is 11.2 Å². The summed E-state index contributed by atoms with van der Waals surface area (Å²) in [4.78, 5) is 16.9. The molecule has 2 aromatic carbocycles. The van der Waals surface area contributed by atoms with Crippen molar-refractivity contribution < 1.29 is 9.53 Å². The minimum atomic E-state index is -0.0615. The fourth-order valence-electron chi connectivity index (χ4n) is 2.58. The van der Waals surface area contributed by atoms with Gasteiger partial charge in [0, 0.05) is 23.0 Å². The summed E-state index contributed by atoms with van der Waals surface area (Å²) in [7, 11) is 1.58. The highest BCUT2D eigenvalue weighted by Crippen LogP contribution is 2.27. The van der Waals surface area contributed by atoms with E-state index >= 15 is 0 Å². The Morgan fingerprint density at radius 2 is 2.12 bits per heavy atom. The number of carbonyl (C=O) groups excluding carboxylic acids is 1. The number of rotatable bonds is 6. The molecule has 6 heteroatoms. The quantitative estimate of drug-likeness (QED) is 0.694. The molecule has 3 rings (SSSR count). The van der Waals surface area contributed by atoms with E-state index in [0.717, 1.165) is 16.1 Å². The molecule has 0 fully saturated rings.